The molecule has 1 amide bonds. The van der Waals surface area contributed by atoms with Crippen LogP contribution in [-0.2, 0) is 14.3 Å². The zero-order valence-corrected chi connectivity index (χ0v) is 21.8. The second-order valence-electron chi connectivity index (χ2n) is 8.53. The van der Waals surface area contributed by atoms with Gasteiger partial charge in [0.25, 0.3) is 5.91 Å². The van der Waals surface area contributed by atoms with Crippen LogP contribution in [0.15, 0.2) is 69.8 Å². The summed E-state index contributed by atoms with van der Waals surface area (Å²) in [7, 11) is 1.33. The molecule has 3 aromatic rings. The van der Waals surface area contributed by atoms with Gasteiger partial charge in [-0.05, 0) is 81.7 Å². The molecule has 174 valence electrons. The fourth-order valence-corrected chi connectivity index (χ4v) is 5.09. The molecule has 1 aromatic heterocycles. The molecular weight excluding hydrogens is 492 g/mol. The Balaban J connectivity index is 1.89. The first-order valence-corrected chi connectivity index (χ1v) is 11.8. The summed E-state index contributed by atoms with van der Waals surface area (Å²) in [5.41, 5.74) is 8.25. The van der Waals surface area contributed by atoms with Crippen LogP contribution in [-0.4, -0.2) is 23.6 Å². The van der Waals surface area contributed by atoms with Crippen LogP contribution >= 0.6 is 15.9 Å². The molecule has 0 radical (unpaired) electrons. The van der Waals surface area contributed by atoms with Gasteiger partial charge in [-0.3, -0.25) is 9.69 Å². The number of halogens is 1. The lowest BCUT2D eigenvalue weighted by Crippen LogP contribution is -2.24. The van der Waals surface area contributed by atoms with E-state index in [2.05, 4.69) is 52.5 Å². The van der Waals surface area contributed by atoms with Gasteiger partial charge in [0.1, 0.15) is 0 Å². The summed E-state index contributed by atoms with van der Waals surface area (Å²) >= 11 is 3.47. The number of allylic oxidation sites excluding steroid dienone is 1. The number of benzene rings is 2. The van der Waals surface area contributed by atoms with Gasteiger partial charge in [0.2, 0.25) is 0 Å². The van der Waals surface area contributed by atoms with Gasteiger partial charge in [0.05, 0.1) is 29.6 Å². The molecule has 1 aliphatic heterocycles. The number of amides is 1. The maximum atomic E-state index is 13.6. The largest absolute Gasteiger partial charge is 0.465 e. The van der Waals surface area contributed by atoms with E-state index >= 15 is 0 Å². The third kappa shape index (κ3) is 3.92. The summed E-state index contributed by atoms with van der Waals surface area (Å²) in [6.45, 7) is 10.0. The summed E-state index contributed by atoms with van der Waals surface area (Å²) in [5.74, 6) is -0.786. The van der Waals surface area contributed by atoms with E-state index < -0.39 is 5.97 Å². The number of para-hydroxylation sites is 1. The van der Waals surface area contributed by atoms with Crippen molar-refractivity contribution in [2.45, 2.75) is 34.6 Å². The quantitative estimate of drug-likeness (QED) is 0.298. The molecule has 2 aromatic carbocycles. The molecule has 2 heterocycles. The van der Waals surface area contributed by atoms with Crippen LogP contribution in [0.4, 0.5) is 5.69 Å². The number of aryl methyl sites for hydroxylation is 3. The summed E-state index contributed by atoms with van der Waals surface area (Å²) < 4.78 is 8.11. The molecule has 0 bridgehead atoms. The zero-order chi connectivity index (χ0) is 24.7. The number of anilines is 1. The Morgan fingerprint density at radius 1 is 0.971 bits per heavy atom. The lowest BCUT2D eigenvalue weighted by atomic mass is 10.0. The highest BCUT2D eigenvalue weighted by Crippen LogP contribution is 2.37. The third-order valence-corrected chi connectivity index (χ3v) is 6.78. The summed E-state index contributed by atoms with van der Waals surface area (Å²) in [5, 5.41) is 0. The molecule has 0 unspecified atom stereocenters. The molecular formula is C28H27BrN2O3. The van der Waals surface area contributed by atoms with Crippen molar-refractivity contribution in [3.63, 3.8) is 0 Å². The Hall–Kier alpha value is -3.38. The van der Waals surface area contributed by atoms with Crippen LogP contribution in [0.2, 0.25) is 0 Å². The molecule has 34 heavy (non-hydrogen) atoms. The first-order chi connectivity index (χ1) is 16.1. The van der Waals surface area contributed by atoms with Crippen LogP contribution in [0.5, 0.6) is 0 Å². The van der Waals surface area contributed by atoms with Gasteiger partial charge in [-0.1, -0.05) is 40.2 Å². The minimum absolute atomic E-state index is 0.257. The van der Waals surface area contributed by atoms with Crippen molar-refractivity contribution >= 4 is 39.6 Å². The minimum Gasteiger partial charge on any atom is -0.465 e. The average molecular weight is 519 g/mol. The highest BCUT2D eigenvalue weighted by atomic mass is 79.9. The van der Waals surface area contributed by atoms with Crippen molar-refractivity contribution in [1.29, 1.82) is 0 Å². The number of hydrogen-bond acceptors (Lipinski definition) is 3. The van der Waals surface area contributed by atoms with Crippen molar-refractivity contribution in [3.8, 4) is 5.69 Å². The number of carbonyl (C=O) groups is 2. The van der Waals surface area contributed by atoms with Gasteiger partial charge in [-0.15, -0.1) is 0 Å². The molecule has 0 aliphatic carbocycles. The number of hydrogen-bond donors (Lipinski definition) is 0. The Kier molecular flexibility index (Phi) is 6.36. The minimum atomic E-state index is -0.529. The van der Waals surface area contributed by atoms with Gasteiger partial charge >= 0.3 is 5.97 Å². The number of esters is 1. The van der Waals surface area contributed by atoms with E-state index in [9.17, 15) is 9.59 Å². The fraction of sp³-hybridized carbons (Fsp3) is 0.214. The number of carbonyl (C=O) groups excluding carboxylic acids is 2. The van der Waals surface area contributed by atoms with Gasteiger partial charge < -0.3 is 9.30 Å². The molecule has 0 saturated heterocycles. The molecule has 0 N–H and O–H groups in total. The zero-order valence-electron chi connectivity index (χ0n) is 20.2. The first kappa shape index (κ1) is 23.8. The van der Waals surface area contributed by atoms with Crippen LogP contribution in [0.25, 0.3) is 11.8 Å². The lowest BCUT2D eigenvalue weighted by molar-refractivity contribution is -0.136. The van der Waals surface area contributed by atoms with Gasteiger partial charge in [0, 0.05) is 21.6 Å². The Labute approximate surface area is 208 Å². The molecule has 0 atom stereocenters. The maximum Gasteiger partial charge on any atom is 0.340 e. The third-order valence-electron chi connectivity index (χ3n) is 6.29. The van der Waals surface area contributed by atoms with Crippen molar-refractivity contribution in [3.05, 3.63) is 97.9 Å². The summed E-state index contributed by atoms with van der Waals surface area (Å²) in [4.78, 5) is 28.0. The van der Waals surface area contributed by atoms with Crippen molar-refractivity contribution in [1.82, 2.24) is 4.57 Å². The average Bonchev–Trinajstić information content (AvgIpc) is 3.20. The Morgan fingerprint density at radius 2 is 1.62 bits per heavy atom. The Bertz CT molecular complexity index is 1370. The van der Waals surface area contributed by atoms with Gasteiger partial charge in [0.15, 0.2) is 0 Å². The molecule has 6 heteroatoms. The first-order valence-electron chi connectivity index (χ1n) is 11.0. The van der Waals surface area contributed by atoms with Crippen LogP contribution in [0.3, 0.4) is 0 Å². The van der Waals surface area contributed by atoms with E-state index in [0.29, 0.717) is 17.0 Å². The van der Waals surface area contributed by atoms with Crippen LogP contribution in [0.1, 0.15) is 35.0 Å². The second kappa shape index (κ2) is 9.11. The smallest absolute Gasteiger partial charge is 0.340 e. The van der Waals surface area contributed by atoms with E-state index in [0.717, 1.165) is 27.1 Å². The lowest BCUT2D eigenvalue weighted by Gasteiger charge is -2.18. The number of ether oxygens (including phenoxy) is 1. The number of rotatable bonds is 4. The molecule has 1 aliphatic rings. The van der Waals surface area contributed by atoms with E-state index in [1.807, 2.05) is 50.3 Å². The maximum absolute atomic E-state index is 13.6. The fourth-order valence-electron chi connectivity index (χ4n) is 4.70. The second-order valence-corrected chi connectivity index (χ2v) is 9.45. The molecule has 0 spiro atoms. The molecule has 0 fully saturated rings. The van der Waals surface area contributed by atoms with E-state index in [-0.39, 0.29) is 11.5 Å². The van der Waals surface area contributed by atoms with Crippen molar-refractivity contribution < 1.29 is 14.3 Å². The van der Waals surface area contributed by atoms with Crippen molar-refractivity contribution in [2.75, 3.05) is 12.0 Å². The highest BCUT2D eigenvalue weighted by Gasteiger charge is 2.38. The van der Waals surface area contributed by atoms with Crippen LogP contribution < -0.4 is 4.90 Å². The SMILES string of the molecule is COC(=O)C1=C(C)N(c2cccc(Br)c2)C(=O)/C1=C\c1cc(C)n(-c2c(C)cccc2C)c1C. The summed E-state index contributed by atoms with van der Waals surface area (Å²) in [6.07, 6.45) is 1.81. The Morgan fingerprint density at radius 3 is 2.24 bits per heavy atom. The van der Waals surface area contributed by atoms with E-state index in [4.69, 9.17) is 4.74 Å². The molecule has 4 rings (SSSR count). The van der Waals surface area contributed by atoms with Gasteiger partial charge in [-0.2, -0.15) is 0 Å². The van der Waals surface area contributed by atoms with Crippen LogP contribution in [0, 0.1) is 27.7 Å². The van der Waals surface area contributed by atoms with Gasteiger partial charge in [-0.25, -0.2) is 4.79 Å². The van der Waals surface area contributed by atoms with E-state index in [1.54, 1.807) is 11.8 Å². The topological polar surface area (TPSA) is 51.5 Å². The molecule has 0 saturated carbocycles. The van der Waals surface area contributed by atoms with Crippen molar-refractivity contribution in [2.24, 2.45) is 0 Å². The molecule has 5 nitrogen and oxygen atoms in total. The standard InChI is InChI=1S/C28H27BrN2O3/c1-16-9-7-10-17(2)26(16)30-18(3)13-21(19(30)4)14-24-25(28(33)34-6)20(5)31(27(24)32)23-12-8-11-22(29)15-23/h7-15H,1-6H3/b24-14-. The number of methoxy groups -OCH3 is 1. The predicted octanol–water partition coefficient (Wildman–Crippen LogP) is 6.35. The monoisotopic (exact) mass is 518 g/mol. The summed E-state index contributed by atoms with van der Waals surface area (Å²) in [6, 6.07) is 15.7. The highest BCUT2D eigenvalue weighted by molar-refractivity contribution is 9.10. The predicted molar refractivity (Wildman–Crippen MR) is 139 cm³/mol. The van der Waals surface area contributed by atoms with E-state index in [1.165, 1.54) is 18.2 Å². The number of aromatic nitrogens is 1. The normalized spacial score (nSPS) is 15.0. The number of nitrogens with zero attached hydrogens (tertiary/aromatic N) is 2.